The molecule has 0 spiro atoms. The molecule has 1 fully saturated rings. The molecule has 8 heteroatoms. The van der Waals surface area contributed by atoms with Gasteiger partial charge in [0.15, 0.2) is 0 Å². The van der Waals surface area contributed by atoms with E-state index in [4.69, 9.17) is 5.73 Å². The summed E-state index contributed by atoms with van der Waals surface area (Å²) in [6.45, 7) is 4.48. The zero-order chi connectivity index (χ0) is 14.9. The Labute approximate surface area is 136 Å². The lowest BCUT2D eigenvalue weighted by Crippen LogP contribution is -2.28. The number of ether oxygens (including phenoxy) is 1. The second-order valence-electron chi connectivity index (χ2n) is 5.15. The summed E-state index contributed by atoms with van der Waals surface area (Å²) in [5.41, 5.74) is 6.87. The Kier molecular flexibility index (Phi) is 6.34. The van der Waals surface area contributed by atoms with Crippen LogP contribution in [0, 0.1) is 5.92 Å². The van der Waals surface area contributed by atoms with Gasteiger partial charge >= 0.3 is 6.36 Å². The van der Waals surface area contributed by atoms with Crippen LogP contribution in [0.1, 0.15) is 12.5 Å². The number of nitrogens with two attached hydrogens (primary N) is 1. The molecule has 2 N–H and O–H groups in total. The van der Waals surface area contributed by atoms with E-state index in [0.29, 0.717) is 16.9 Å². The fraction of sp³-hybridized carbons (Fsp3) is 0.538. The zero-order valence-corrected chi connectivity index (χ0v) is 13.8. The van der Waals surface area contributed by atoms with Crippen LogP contribution in [-0.2, 0) is 6.54 Å². The topological polar surface area (TPSA) is 38.5 Å². The summed E-state index contributed by atoms with van der Waals surface area (Å²) in [6, 6.07) is 4.77. The summed E-state index contributed by atoms with van der Waals surface area (Å²) in [6.07, 6.45) is -4.68. The van der Waals surface area contributed by atoms with Crippen molar-refractivity contribution in [3.8, 4) is 5.75 Å². The van der Waals surface area contributed by atoms with Gasteiger partial charge in [-0.15, -0.1) is 25.6 Å². The molecule has 1 aromatic rings. The summed E-state index contributed by atoms with van der Waals surface area (Å²) >= 11 is 3.10. The average Bonchev–Trinajstić information content (AvgIpc) is 2.60. The van der Waals surface area contributed by atoms with Crippen LogP contribution in [0.2, 0.25) is 0 Å². The van der Waals surface area contributed by atoms with Crippen LogP contribution in [0.15, 0.2) is 22.7 Å². The molecule has 1 aliphatic heterocycles. The number of hydrogen-bond donors (Lipinski definition) is 1. The predicted octanol–water partition coefficient (Wildman–Crippen LogP) is 3.55. The van der Waals surface area contributed by atoms with E-state index in [2.05, 4.69) is 32.5 Å². The zero-order valence-electron chi connectivity index (χ0n) is 11.4. The van der Waals surface area contributed by atoms with Crippen LogP contribution in [0.3, 0.4) is 0 Å². The number of alkyl halides is 3. The van der Waals surface area contributed by atoms with Gasteiger partial charge in [0.25, 0.3) is 0 Å². The van der Waals surface area contributed by atoms with Crippen LogP contribution < -0.4 is 10.5 Å². The summed E-state index contributed by atoms with van der Waals surface area (Å²) in [4.78, 5) is 2.20. The second-order valence-corrected chi connectivity index (χ2v) is 6.00. The van der Waals surface area contributed by atoms with Crippen molar-refractivity contribution in [1.29, 1.82) is 0 Å². The van der Waals surface area contributed by atoms with Gasteiger partial charge in [0.1, 0.15) is 5.75 Å². The average molecular weight is 390 g/mol. The highest BCUT2D eigenvalue weighted by Crippen LogP contribution is 2.31. The number of nitrogens with zero attached hydrogens (tertiary/aromatic N) is 1. The molecule has 1 heterocycles. The van der Waals surface area contributed by atoms with Crippen LogP contribution in [0.25, 0.3) is 0 Å². The molecule has 120 valence electrons. The predicted molar refractivity (Wildman–Crippen MR) is 80.5 cm³/mol. The van der Waals surface area contributed by atoms with E-state index in [1.807, 2.05) is 0 Å². The second kappa shape index (κ2) is 7.17. The molecule has 3 nitrogen and oxygen atoms in total. The molecule has 0 bridgehead atoms. The third kappa shape index (κ3) is 5.32. The Morgan fingerprint density at radius 1 is 1.38 bits per heavy atom. The molecule has 0 aromatic heterocycles. The molecule has 0 radical (unpaired) electrons. The summed E-state index contributed by atoms with van der Waals surface area (Å²) < 4.78 is 40.7. The lowest BCUT2D eigenvalue weighted by atomic mass is 10.1. The number of rotatable bonds is 3. The lowest BCUT2D eigenvalue weighted by molar-refractivity contribution is -0.274. The normalized spacial score (nSPS) is 23.0. The van der Waals surface area contributed by atoms with Gasteiger partial charge in [0.05, 0.1) is 4.47 Å². The summed E-state index contributed by atoms with van der Waals surface area (Å²) in [5, 5.41) is 0. The molecule has 1 aromatic carbocycles. The number of halogens is 5. The molecule has 1 saturated heterocycles. The van der Waals surface area contributed by atoms with Gasteiger partial charge in [-0.2, -0.15) is 0 Å². The highest BCUT2D eigenvalue weighted by atomic mass is 79.9. The highest BCUT2D eigenvalue weighted by molar-refractivity contribution is 9.10. The van der Waals surface area contributed by atoms with Crippen molar-refractivity contribution < 1.29 is 17.9 Å². The van der Waals surface area contributed by atoms with Crippen molar-refractivity contribution in [2.45, 2.75) is 25.9 Å². The Morgan fingerprint density at radius 2 is 2.05 bits per heavy atom. The third-order valence-electron chi connectivity index (χ3n) is 3.37. The first-order valence-electron chi connectivity index (χ1n) is 6.26. The molecule has 21 heavy (non-hydrogen) atoms. The number of likely N-dealkylation sites (tertiary alicyclic amines) is 1. The molecule has 0 saturated carbocycles. The maximum atomic E-state index is 12.2. The van der Waals surface area contributed by atoms with E-state index >= 15 is 0 Å². The van der Waals surface area contributed by atoms with Crippen molar-refractivity contribution in [2.24, 2.45) is 11.7 Å². The highest BCUT2D eigenvalue weighted by Gasteiger charge is 2.32. The fourth-order valence-electron chi connectivity index (χ4n) is 2.33. The van der Waals surface area contributed by atoms with Crippen LogP contribution in [0.5, 0.6) is 5.75 Å². The molecule has 0 amide bonds. The minimum atomic E-state index is -4.68. The van der Waals surface area contributed by atoms with Crippen molar-refractivity contribution in [3.05, 3.63) is 28.2 Å². The van der Waals surface area contributed by atoms with Crippen LogP contribution in [0.4, 0.5) is 13.2 Å². The van der Waals surface area contributed by atoms with Gasteiger partial charge in [0.2, 0.25) is 0 Å². The molecule has 2 unspecified atom stereocenters. The van der Waals surface area contributed by atoms with E-state index in [9.17, 15) is 13.2 Å². The Balaban J connectivity index is 0.00000220. The fourth-order valence-corrected chi connectivity index (χ4v) is 2.84. The van der Waals surface area contributed by atoms with E-state index < -0.39 is 6.36 Å². The SMILES string of the molecule is CC1CN(Cc2ccc(OC(F)(F)F)c(Br)c2)CC1N.Cl. The van der Waals surface area contributed by atoms with E-state index in [1.165, 1.54) is 6.07 Å². The molecular formula is C13H17BrClF3N2O. The van der Waals surface area contributed by atoms with E-state index in [-0.39, 0.29) is 24.2 Å². The maximum absolute atomic E-state index is 12.2. The standard InChI is InChI=1S/C13H16BrF3N2O.ClH/c1-8-5-19(7-11(8)18)6-9-2-3-12(10(14)4-9)20-13(15,16)17;/h2-4,8,11H,5-7,18H2,1H3;1H. The molecule has 0 aliphatic carbocycles. The first-order chi connectivity index (χ1) is 9.24. The third-order valence-corrected chi connectivity index (χ3v) is 3.99. The Bertz CT molecular complexity index is 477. The smallest absolute Gasteiger partial charge is 0.405 e. The van der Waals surface area contributed by atoms with Gasteiger partial charge in [0, 0.05) is 25.7 Å². The summed E-state index contributed by atoms with van der Waals surface area (Å²) in [5.74, 6) is 0.207. The van der Waals surface area contributed by atoms with Gasteiger partial charge in [-0.1, -0.05) is 13.0 Å². The molecule has 2 rings (SSSR count). The first-order valence-corrected chi connectivity index (χ1v) is 7.06. The minimum Gasteiger partial charge on any atom is -0.405 e. The van der Waals surface area contributed by atoms with E-state index in [0.717, 1.165) is 18.7 Å². The first kappa shape index (κ1) is 18.5. The largest absolute Gasteiger partial charge is 0.573 e. The van der Waals surface area contributed by atoms with Crippen molar-refractivity contribution >= 4 is 28.3 Å². The maximum Gasteiger partial charge on any atom is 0.573 e. The van der Waals surface area contributed by atoms with Gasteiger partial charge < -0.3 is 10.5 Å². The monoisotopic (exact) mass is 388 g/mol. The lowest BCUT2D eigenvalue weighted by Gasteiger charge is -2.16. The summed E-state index contributed by atoms with van der Waals surface area (Å²) in [7, 11) is 0. The van der Waals surface area contributed by atoms with Gasteiger partial charge in [-0.25, -0.2) is 0 Å². The molecule has 2 atom stereocenters. The van der Waals surface area contributed by atoms with Crippen molar-refractivity contribution in [3.63, 3.8) is 0 Å². The quantitative estimate of drug-likeness (QED) is 0.859. The van der Waals surface area contributed by atoms with Gasteiger partial charge in [-0.05, 0) is 39.5 Å². The van der Waals surface area contributed by atoms with Gasteiger partial charge in [-0.3, -0.25) is 4.90 Å². The Morgan fingerprint density at radius 3 is 2.52 bits per heavy atom. The van der Waals surface area contributed by atoms with Crippen molar-refractivity contribution in [1.82, 2.24) is 4.90 Å². The van der Waals surface area contributed by atoms with Crippen molar-refractivity contribution in [2.75, 3.05) is 13.1 Å². The number of hydrogen-bond acceptors (Lipinski definition) is 3. The Hall–Kier alpha value is -0.500. The molecular weight excluding hydrogens is 373 g/mol. The number of benzene rings is 1. The molecule has 1 aliphatic rings. The van der Waals surface area contributed by atoms with E-state index in [1.54, 1.807) is 12.1 Å². The van der Waals surface area contributed by atoms with Crippen LogP contribution in [-0.4, -0.2) is 30.4 Å². The minimum absolute atomic E-state index is 0. The van der Waals surface area contributed by atoms with Crippen LogP contribution >= 0.6 is 28.3 Å².